The highest BCUT2D eigenvalue weighted by Gasteiger charge is 2.20. The summed E-state index contributed by atoms with van der Waals surface area (Å²) >= 11 is 12.0. The fourth-order valence-corrected chi connectivity index (χ4v) is 1.61. The van der Waals surface area contributed by atoms with E-state index in [0.29, 0.717) is 21.5 Å². The van der Waals surface area contributed by atoms with E-state index in [0.717, 1.165) is 6.42 Å². The van der Waals surface area contributed by atoms with E-state index in [1.807, 2.05) is 20.8 Å². The molecular weight excluding hydrogens is 233 g/mol. The lowest BCUT2D eigenvalue weighted by Crippen LogP contribution is -2.27. The van der Waals surface area contributed by atoms with Crippen LogP contribution in [0.2, 0.25) is 10.0 Å². The summed E-state index contributed by atoms with van der Waals surface area (Å²) < 4.78 is 5.75. The average molecular weight is 248 g/mol. The van der Waals surface area contributed by atoms with E-state index in [2.05, 4.69) is 0 Å². The highest BCUT2D eigenvalue weighted by atomic mass is 35.5. The van der Waals surface area contributed by atoms with E-state index in [4.69, 9.17) is 33.7 Å². The highest BCUT2D eigenvalue weighted by Crippen LogP contribution is 2.37. The van der Waals surface area contributed by atoms with Crippen molar-refractivity contribution in [1.82, 2.24) is 0 Å². The lowest BCUT2D eigenvalue weighted by atomic mass is 10.1. The van der Waals surface area contributed by atoms with E-state index in [9.17, 15) is 0 Å². The van der Waals surface area contributed by atoms with E-state index in [1.54, 1.807) is 12.1 Å². The van der Waals surface area contributed by atoms with Gasteiger partial charge in [-0.05, 0) is 32.4 Å². The first kappa shape index (κ1) is 12.5. The quantitative estimate of drug-likeness (QED) is 0.815. The molecule has 1 aromatic carbocycles. The number of hydrogen-bond acceptors (Lipinski definition) is 2. The molecule has 15 heavy (non-hydrogen) atoms. The Morgan fingerprint density at radius 3 is 2.13 bits per heavy atom. The Hall–Kier alpha value is -0.600. The van der Waals surface area contributed by atoms with Crippen LogP contribution in [0.25, 0.3) is 0 Å². The van der Waals surface area contributed by atoms with Crippen molar-refractivity contribution in [2.24, 2.45) is 0 Å². The van der Waals surface area contributed by atoms with Crippen molar-refractivity contribution in [2.75, 3.05) is 5.73 Å². The summed E-state index contributed by atoms with van der Waals surface area (Å²) in [7, 11) is 0. The minimum absolute atomic E-state index is 0.288. The van der Waals surface area contributed by atoms with Gasteiger partial charge in [-0.1, -0.05) is 30.1 Å². The summed E-state index contributed by atoms with van der Waals surface area (Å²) in [6.45, 7) is 6.01. The first-order valence-electron chi connectivity index (χ1n) is 4.79. The Balaban J connectivity index is 3.05. The van der Waals surface area contributed by atoms with Gasteiger partial charge in [0, 0.05) is 5.69 Å². The van der Waals surface area contributed by atoms with Crippen molar-refractivity contribution in [2.45, 2.75) is 32.8 Å². The maximum Gasteiger partial charge on any atom is 0.157 e. The lowest BCUT2D eigenvalue weighted by Gasteiger charge is -2.26. The van der Waals surface area contributed by atoms with Crippen LogP contribution in [0.3, 0.4) is 0 Å². The summed E-state index contributed by atoms with van der Waals surface area (Å²) in [6.07, 6.45) is 0.865. The number of nitrogens with two attached hydrogens (primary N) is 1. The molecule has 0 saturated heterocycles. The van der Waals surface area contributed by atoms with Crippen LogP contribution in [0, 0.1) is 0 Å². The number of halogens is 2. The Labute approximate surface area is 100 Å². The van der Waals surface area contributed by atoms with Crippen LogP contribution < -0.4 is 10.5 Å². The summed E-state index contributed by atoms with van der Waals surface area (Å²) in [5, 5.41) is 0.892. The molecule has 4 heteroatoms. The second kappa shape index (κ2) is 4.50. The third-order valence-corrected chi connectivity index (χ3v) is 2.81. The first-order chi connectivity index (χ1) is 6.85. The normalized spacial score (nSPS) is 11.5. The number of nitrogen functional groups attached to an aromatic ring is 1. The zero-order valence-electron chi connectivity index (χ0n) is 9.10. The molecule has 0 aliphatic rings. The van der Waals surface area contributed by atoms with Gasteiger partial charge < -0.3 is 10.5 Å². The van der Waals surface area contributed by atoms with Crippen LogP contribution in [0.15, 0.2) is 12.1 Å². The molecule has 2 N–H and O–H groups in total. The number of anilines is 1. The molecule has 0 amide bonds. The van der Waals surface area contributed by atoms with Gasteiger partial charge in [0.25, 0.3) is 0 Å². The van der Waals surface area contributed by atoms with Gasteiger partial charge in [0.15, 0.2) is 5.75 Å². The summed E-state index contributed by atoms with van der Waals surface area (Å²) in [5.41, 5.74) is 5.85. The van der Waals surface area contributed by atoms with Gasteiger partial charge in [0.1, 0.15) is 5.60 Å². The van der Waals surface area contributed by atoms with Gasteiger partial charge in [0.05, 0.1) is 10.0 Å². The van der Waals surface area contributed by atoms with E-state index >= 15 is 0 Å². The van der Waals surface area contributed by atoms with Crippen LogP contribution in [-0.4, -0.2) is 5.60 Å². The van der Waals surface area contributed by atoms with Crippen LogP contribution in [0.1, 0.15) is 27.2 Å². The standard InChI is InChI=1S/C11H15Cl2NO/c1-4-11(2,3)15-10-8(12)5-7(14)6-9(10)13/h5-6H,4,14H2,1-3H3. The Bertz CT molecular complexity index is 341. The molecule has 0 unspecified atom stereocenters. The number of rotatable bonds is 3. The van der Waals surface area contributed by atoms with Gasteiger partial charge in [0.2, 0.25) is 0 Å². The Kier molecular flexibility index (Phi) is 3.74. The predicted molar refractivity (Wildman–Crippen MR) is 65.9 cm³/mol. The highest BCUT2D eigenvalue weighted by molar-refractivity contribution is 6.37. The minimum atomic E-state index is -0.288. The Morgan fingerprint density at radius 2 is 1.73 bits per heavy atom. The molecule has 0 heterocycles. The van der Waals surface area contributed by atoms with Crippen LogP contribution in [-0.2, 0) is 0 Å². The molecular formula is C11H15Cl2NO. The summed E-state index contributed by atoms with van der Waals surface area (Å²) in [6, 6.07) is 3.27. The van der Waals surface area contributed by atoms with Gasteiger partial charge in [-0.25, -0.2) is 0 Å². The summed E-state index contributed by atoms with van der Waals surface area (Å²) in [5.74, 6) is 0.499. The molecule has 0 radical (unpaired) electrons. The van der Waals surface area contributed by atoms with Crippen LogP contribution >= 0.6 is 23.2 Å². The molecule has 84 valence electrons. The molecule has 0 aliphatic carbocycles. The monoisotopic (exact) mass is 247 g/mol. The third kappa shape index (κ3) is 3.18. The fourth-order valence-electron chi connectivity index (χ4n) is 1.03. The van der Waals surface area contributed by atoms with E-state index in [1.165, 1.54) is 0 Å². The van der Waals surface area contributed by atoms with Gasteiger partial charge >= 0.3 is 0 Å². The zero-order chi connectivity index (χ0) is 11.6. The van der Waals surface area contributed by atoms with Crippen molar-refractivity contribution in [3.63, 3.8) is 0 Å². The maximum atomic E-state index is 6.01. The molecule has 0 saturated carbocycles. The van der Waals surface area contributed by atoms with Crippen molar-refractivity contribution in [3.05, 3.63) is 22.2 Å². The molecule has 0 spiro atoms. The largest absolute Gasteiger partial charge is 0.485 e. The predicted octanol–water partition coefficient (Wildman–Crippen LogP) is 4.14. The minimum Gasteiger partial charge on any atom is -0.485 e. The Morgan fingerprint density at radius 1 is 1.27 bits per heavy atom. The van der Waals surface area contributed by atoms with Gasteiger partial charge in [-0.2, -0.15) is 0 Å². The molecule has 1 aromatic rings. The van der Waals surface area contributed by atoms with Crippen LogP contribution in [0.5, 0.6) is 5.75 Å². The fraction of sp³-hybridized carbons (Fsp3) is 0.455. The molecule has 0 atom stereocenters. The second-order valence-corrected chi connectivity index (χ2v) is 4.84. The number of benzene rings is 1. The van der Waals surface area contributed by atoms with E-state index < -0.39 is 0 Å². The molecule has 1 rings (SSSR count). The molecule has 0 fully saturated rings. The average Bonchev–Trinajstić information content (AvgIpc) is 2.11. The molecule has 0 aliphatic heterocycles. The third-order valence-electron chi connectivity index (χ3n) is 2.25. The zero-order valence-corrected chi connectivity index (χ0v) is 10.6. The van der Waals surface area contributed by atoms with Gasteiger partial charge in [-0.3, -0.25) is 0 Å². The molecule has 0 bridgehead atoms. The SMILES string of the molecule is CCC(C)(C)Oc1c(Cl)cc(N)cc1Cl. The smallest absolute Gasteiger partial charge is 0.157 e. The van der Waals surface area contributed by atoms with Crippen LogP contribution in [0.4, 0.5) is 5.69 Å². The molecule has 2 nitrogen and oxygen atoms in total. The topological polar surface area (TPSA) is 35.2 Å². The maximum absolute atomic E-state index is 6.01. The van der Waals surface area contributed by atoms with Crippen molar-refractivity contribution in [1.29, 1.82) is 0 Å². The van der Waals surface area contributed by atoms with Crippen molar-refractivity contribution in [3.8, 4) is 5.75 Å². The van der Waals surface area contributed by atoms with E-state index in [-0.39, 0.29) is 5.60 Å². The second-order valence-electron chi connectivity index (χ2n) is 4.03. The molecule has 0 aromatic heterocycles. The number of hydrogen-bond donors (Lipinski definition) is 1. The van der Waals surface area contributed by atoms with Crippen molar-refractivity contribution < 1.29 is 4.74 Å². The number of ether oxygens (including phenoxy) is 1. The summed E-state index contributed by atoms with van der Waals surface area (Å²) in [4.78, 5) is 0. The van der Waals surface area contributed by atoms with Crippen molar-refractivity contribution >= 4 is 28.9 Å². The first-order valence-corrected chi connectivity index (χ1v) is 5.55. The van der Waals surface area contributed by atoms with Gasteiger partial charge in [-0.15, -0.1) is 0 Å². The lowest BCUT2D eigenvalue weighted by molar-refractivity contribution is 0.105.